The molecule has 0 atom stereocenters. The Bertz CT molecular complexity index is 947. The highest BCUT2D eigenvalue weighted by Gasteiger charge is 2.48. The maximum Gasteiger partial charge on any atom is 0.337 e. The van der Waals surface area contributed by atoms with Crippen LogP contribution in [0.4, 0.5) is 0 Å². The van der Waals surface area contributed by atoms with Crippen LogP contribution in [0.25, 0.3) is 0 Å². The summed E-state index contributed by atoms with van der Waals surface area (Å²) >= 11 is 7.86. The van der Waals surface area contributed by atoms with Gasteiger partial charge in [0.05, 0.1) is 25.9 Å². The number of thiophene rings is 1. The summed E-state index contributed by atoms with van der Waals surface area (Å²) in [5.74, 6) is -1.32. The van der Waals surface area contributed by atoms with E-state index in [1.807, 2.05) is 0 Å². The molecule has 0 radical (unpaired) electrons. The van der Waals surface area contributed by atoms with Crippen molar-refractivity contribution < 1.29 is 27.4 Å². The number of sulfonamides is 1. The minimum atomic E-state index is -3.91. The third-order valence-corrected chi connectivity index (χ3v) is 8.28. The van der Waals surface area contributed by atoms with Crippen molar-refractivity contribution in [2.24, 2.45) is 0 Å². The highest BCUT2D eigenvalue weighted by atomic mass is 35.5. The highest BCUT2D eigenvalue weighted by molar-refractivity contribution is 7.91. The normalized spacial score (nSPS) is 18.5. The molecule has 0 aliphatic carbocycles. The Morgan fingerprint density at radius 1 is 1.21 bits per heavy atom. The first-order valence-corrected chi connectivity index (χ1v) is 11.5. The Labute approximate surface area is 179 Å². The lowest BCUT2D eigenvalue weighted by molar-refractivity contribution is -0.267. The van der Waals surface area contributed by atoms with Crippen LogP contribution in [0, 0.1) is 0 Å². The molecule has 1 aromatic heterocycles. The van der Waals surface area contributed by atoms with E-state index in [-0.39, 0.29) is 24.0 Å². The molecule has 1 aliphatic rings. The van der Waals surface area contributed by atoms with Crippen LogP contribution < -0.4 is 0 Å². The van der Waals surface area contributed by atoms with Gasteiger partial charge in [-0.1, -0.05) is 29.8 Å². The summed E-state index contributed by atoms with van der Waals surface area (Å²) in [5, 5.41) is 1.69. The van der Waals surface area contributed by atoms with Gasteiger partial charge in [0.2, 0.25) is 0 Å². The smallest absolute Gasteiger partial charge is 0.337 e. The monoisotopic (exact) mass is 459 g/mol. The first-order valence-electron chi connectivity index (χ1n) is 8.78. The number of halogens is 1. The molecule has 0 bridgehead atoms. The first kappa shape index (κ1) is 22.2. The van der Waals surface area contributed by atoms with E-state index in [4.69, 9.17) is 25.8 Å². The van der Waals surface area contributed by atoms with Gasteiger partial charge >= 0.3 is 5.97 Å². The van der Waals surface area contributed by atoms with E-state index in [0.717, 1.165) is 11.3 Å². The van der Waals surface area contributed by atoms with E-state index in [9.17, 15) is 13.2 Å². The molecule has 2 heterocycles. The quantitative estimate of drug-likeness (QED) is 0.374. The lowest BCUT2D eigenvalue weighted by Gasteiger charge is -2.44. The van der Waals surface area contributed by atoms with Crippen molar-refractivity contribution >= 4 is 38.9 Å². The van der Waals surface area contributed by atoms with Gasteiger partial charge in [-0.05, 0) is 43.0 Å². The lowest BCUT2D eigenvalue weighted by Crippen LogP contribution is -2.58. The number of benzene rings is 1. The maximum atomic E-state index is 13.4. The lowest BCUT2D eigenvalue weighted by atomic mass is 10.1. The Morgan fingerprint density at radius 3 is 2.34 bits per heavy atom. The number of rotatable bonds is 6. The average molecular weight is 460 g/mol. The molecule has 1 fully saturated rings. The molecule has 0 saturated carbocycles. The van der Waals surface area contributed by atoms with Gasteiger partial charge in [-0.15, -0.1) is 11.3 Å². The Hall–Kier alpha value is -1.49. The fourth-order valence-electron chi connectivity index (χ4n) is 2.79. The summed E-state index contributed by atoms with van der Waals surface area (Å²) in [6.45, 7) is 3.40. The van der Waals surface area contributed by atoms with Gasteiger partial charge in [0, 0.05) is 6.54 Å². The fourth-order valence-corrected chi connectivity index (χ4v) is 5.92. The van der Waals surface area contributed by atoms with E-state index < -0.39 is 26.8 Å². The average Bonchev–Trinajstić information content (AvgIpc) is 3.24. The SMILES string of the molecule is COC(=O)c1ccc(CN(C2(Cl)COC(C)(C)OC2)S(=O)(=O)c2cccs2)cc1. The third-order valence-electron chi connectivity index (χ3n) is 4.47. The van der Waals surface area contributed by atoms with Crippen LogP contribution in [0.1, 0.15) is 29.8 Å². The van der Waals surface area contributed by atoms with Crippen LogP contribution >= 0.6 is 22.9 Å². The highest BCUT2D eigenvalue weighted by Crippen LogP contribution is 2.37. The van der Waals surface area contributed by atoms with Crippen LogP contribution in [0.5, 0.6) is 0 Å². The molecule has 0 N–H and O–H groups in total. The van der Waals surface area contributed by atoms with Crippen molar-refractivity contribution in [2.45, 2.75) is 35.4 Å². The van der Waals surface area contributed by atoms with Crippen LogP contribution in [-0.4, -0.2) is 49.8 Å². The second kappa shape index (κ2) is 8.33. The summed E-state index contributed by atoms with van der Waals surface area (Å²) < 4.78 is 44.1. The molecule has 158 valence electrons. The number of esters is 1. The molecule has 0 unspecified atom stereocenters. The molecule has 1 aliphatic heterocycles. The van der Waals surface area contributed by atoms with E-state index in [1.165, 1.54) is 17.5 Å². The van der Waals surface area contributed by atoms with E-state index in [0.29, 0.717) is 11.1 Å². The first-order chi connectivity index (χ1) is 13.6. The van der Waals surface area contributed by atoms with E-state index in [1.54, 1.807) is 49.6 Å². The zero-order valence-electron chi connectivity index (χ0n) is 16.3. The van der Waals surface area contributed by atoms with Crippen LogP contribution in [0.3, 0.4) is 0 Å². The number of alkyl halides is 1. The van der Waals surface area contributed by atoms with Gasteiger partial charge in [-0.3, -0.25) is 0 Å². The fraction of sp³-hybridized carbons (Fsp3) is 0.421. The molecule has 0 spiro atoms. The molecular formula is C19H22ClNO6S2. The number of hydrogen-bond donors (Lipinski definition) is 0. The molecular weight excluding hydrogens is 438 g/mol. The van der Waals surface area contributed by atoms with Crippen molar-refractivity contribution in [1.29, 1.82) is 0 Å². The molecule has 1 saturated heterocycles. The Kier molecular flexibility index (Phi) is 6.38. The predicted octanol–water partition coefficient (Wildman–Crippen LogP) is 3.44. The minimum Gasteiger partial charge on any atom is -0.465 e. The van der Waals surface area contributed by atoms with Crippen molar-refractivity contribution in [1.82, 2.24) is 4.31 Å². The molecule has 3 rings (SSSR count). The molecule has 10 heteroatoms. The molecule has 7 nitrogen and oxygen atoms in total. The number of carbonyl (C=O) groups is 1. The third kappa shape index (κ3) is 4.82. The number of hydrogen-bond acceptors (Lipinski definition) is 7. The van der Waals surface area contributed by atoms with Gasteiger partial charge in [0.15, 0.2) is 10.8 Å². The molecule has 2 aromatic rings. The van der Waals surface area contributed by atoms with Crippen LogP contribution in [-0.2, 0) is 30.8 Å². The van der Waals surface area contributed by atoms with Crippen molar-refractivity contribution in [3.8, 4) is 0 Å². The van der Waals surface area contributed by atoms with Gasteiger partial charge in [-0.25, -0.2) is 13.2 Å². The van der Waals surface area contributed by atoms with E-state index in [2.05, 4.69) is 0 Å². The largest absolute Gasteiger partial charge is 0.465 e. The topological polar surface area (TPSA) is 82.1 Å². The second-order valence-corrected chi connectivity index (χ2v) is 10.8. The van der Waals surface area contributed by atoms with Gasteiger partial charge in [0.25, 0.3) is 10.0 Å². The Balaban J connectivity index is 1.94. The molecule has 1 aromatic carbocycles. The summed E-state index contributed by atoms with van der Waals surface area (Å²) in [6.07, 6.45) is 0. The van der Waals surface area contributed by atoms with Crippen molar-refractivity contribution in [2.75, 3.05) is 20.3 Å². The van der Waals surface area contributed by atoms with E-state index >= 15 is 0 Å². The van der Waals surface area contributed by atoms with Crippen molar-refractivity contribution in [3.63, 3.8) is 0 Å². The second-order valence-electron chi connectivity index (χ2n) is 7.03. The maximum absolute atomic E-state index is 13.4. The molecule has 29 heavy (non-hydrogen) atoms. The predicted molar refractivity (Wildman–Crippen MR) is 109 cm³/mol. The van der Waals surface area contributed by atoms with Crippen molar-refractivity contribution in [3.05, 3.63) is 52.9 Å². The van der Waals surface area contributed by atoms with Crippen LogP contribution in [0.2, 0.25) is 0 Å². The summed E-state index contributed by atoms with van der Waals surface area (Å²) in [4.78, 5) is 10.2. The summed E-state index contributed by atoms with van der Waals surface area (Å²) in [7, 11) is -2.62. The Morgan fingerprint density at radius 2 is 1.83 bits per heavy atom. The molecule has 0 amide bonds. The van der Waals surface area contributed by atoms with Crippen LogP contribution in [0.15, 0.2) is 46.0 Å². The number of carbonyl (C=O) groups excluding carboxylic acids is 1. The number of nitrogens with zero attached hydrogens (tertiary/aromatic N) is 1. The van der Waals surface area contributed by atoms with Gasteiger partial charge in [-0.2, -0.15) is 4.31 Å². The summed E-state index contributed by atoms with van der Waals surface area (Å²) in [5.41, 5.74) is 1.03. The summed E-state index contributed by atoms with van der Waals surface area (Å²) in [6, 6.07) is 9.68. The van der Waals surface area contributed by atoms with Gasteiger partial charge in [0.1, 0.15) is 4.21 Å². The number of methoxy groups -OCH3 is 1. The number of ether oxygens (including phenoxy) is 3. The standard InChI is InChI=1S/C19H22ClNO6S2/c1-18(2)26-12-19(20,13-27-18)21(29(23,24)16-5-4-10-28-16)11-14-6-8-15(9-7-14)17(22)25-3/h4-10H,11-13H2,1-3H3. The zero-order valence-corrected chi connectivity index (χ0v) is 18.6. The zero-order chi connectivity index (χ0) is 21.3. The minimum absolute atomic E-state index is 0.0155. The van der Waals surface area contributed by atoms with Gasteiger partial charge < -0.3 is 14.2 Å².